The maximum atomic E-state index is 13.3. The third-order valence-electron chi connectivity index (χ3n) is 13.8. The number of benzene rings is 1. The van der Waals surface area contributed by atoms with Crippen LogP contribution in [0.5, 0.6) is 0 Å². The van der Waals surface area contributed by atoms with Gasteiger partial charge in [0.2, 0.25) is 0 Å². The number of carboxylic acid groups (broad SMARTS) is 1. The minimum absolute atomic E-state index is 0.112. The first-order valence-electron chi connectivity index (χ1n) is 27.2. The van der Waals surface area contributed by atoms with E-state index in [1.165, 1.54) is 19.1 Å². The lowest BCUT2D eigenvalue weighted by molar-refractivity contribution is -0.277. The summed E-state index contributed by atoms with van der Waals surface area (Å²) in [5, 5.41) is 120. The molecule has 14 N–H and O–H groups in total. The number of rotatable bonds is 11. The zero-order chi connectivity index (χ0) is 59.5. The van der Waals surface area contributed by atoms with Gasteiger partial charge in [-0.15, -0.1) is 0 Å². The Morgan fingerprint density at radius 1 is 0.650 bits per heavy atom. The molecule has 2 aliphatic heterocycles. The summed E-state index contributed by atoms with van der Waals surface area (Å²) in [6, 6.07) is 5.71. The molecule has 1 aromatic rings. The normalized spacial score (nSPS) is 35.8. The van der Waals surface area contributed by atoms with E-state index in [0.29, 0.717) is 12.0 Å². The van der Waals surface area contributed by atoms with E-state index in [1.54, 1.807) is 98.1 Å². The minimum Gasteiger partial charge on any atom is -0.481 e. The summed E-state index contributed by atoms with van der Waals surface area (Å²) >= 11 is 0. The van der Waals surface area contributed by atoms with Gasteiger partial charge in [0.1, 0.15) is 29.7 Å². The van der Waals surface area contributed by atoms with E-state index in [9.17, 15) is 80.1 Å². The molecule has 3 rings (SSSR count). The number of aliphatic hydroxyl groups is 10. The van der Waals surface area contributed by atoms with Crippen LogP contribution in [0.15, 0.2) is 109 Å². The van der Waals surface area contributed by atoms with Gasteiger partial charge in [-0.25, -0.2) is 0 Å². The fourth-order valence-electron chi connectivity index (χ4n) is 9.38. The monoisotopic (exact) mass is 1130 g/mol. The zero-order valence-electron chi connectivity index (χ0n) is 46.0. The number of ether oxygens (including phenoxy) is 3. The molecule has 446 valence electrons. The van der Waals surface area contributed by atoms with Crippen LogP contribution in [0, 0.1) is 17.8 Å². The predicted molar refractivity (Wildman–Crippen MR) is 296 cm³/mol. The Morgan fingerprint density at radius 2 is 1.15 bits per heavy atom. The number of aliphatic hydroxyl groups excluding tert-OH is 10. The van der Waals surface area contributed by atoms with Crippen LogP contribution in [-0.2, 0) is 33.4 Å². The summed E-state index contributed by atoms with van der Waals surface area (Å²) in [7, 11) is 1.76. The molecule has 0 aromatic heterocycles. The summed E-state index contributed by atoms with van der Waals surface area (Å²) in [5.41, 5.74) is 7.27. The largest absolute Gasteiger partial charge is 0.481 e. The first-order chi connectivity index (χ1) is 37.9. The van der Waals surface area contributed by atoms with Crippen molar-refractivity contribution < 1.29 is 94.4 Å². The lowest BCUT2D eigenvalue weighted by Gasteiger charge is -2.41. The highest BCUT2D eigenvalue weighted by Crippen LogP contribution is 2.28. The van der Waals surface area contributed by atoms with E-state index < -0.39 is 179 Å². The Morgan fingerprint density at radius 3 is 1.69 bits per heavy atom. The van der Waals surface area contributed by atoms with Crippen molar-refractivity contribution in [1.82, 2.24) is 0 Å². The van der Waals surface area contributed by atoms with Gasteiger partial charge in [-0.2, -0.15) is 0 Å². The number of allylic oxidation sites excluding steroid dienone is 12. The van der Waals surface area contributed by atoms with Crippen molar-refractivity contribution in [3.8, 4) is 0 Å². The molecule has 0 radical (unpaired) electrons. The van der Waals surface area contributed by atoms with E-state index in [-0.39, 0.29) is 30.5 Å². The Kier molecular flexibility index (Phi) is 31.1. The third kappa shape index (κ3) is 25.6. The second-order valence-electron chi connectivity index (χ2n) is 20.9. The van der Waals surface area contributed by atoms with Crippen molar-refractivity contribution in [2.45, 2.75) is 190 Å². The van der Waals surface area contributed by atoms with Gasteiger partial charge >= 0.3 is 11.9 Å². The summed E-state index contributed by atoms with van der Waals surface area (Å²) in [5.74, 6) is -6.82. The number of hydrogen-bond donors (Lipinski definition) is 13. The Bertz CT molecular complexity index is 2280. The van der Waals surface area contributed by atoms with Crippen LogP contribution in [-0.4, -0.2) is 184 Å². The molecule has 18 atom stereocenters. The number of Topliss-reactive ketones (excluding diaryl/α,β-unsaturated/α-hetero) is 3. The number of carbonyl (C=O) groups is 5. The van der Waals surface area contributed by atoms with E-state index in [0.717, 1.165) is 5.69 Å². The fraction of sp³-hybridized carbons (Fsp3) is 0.576. The van der Waals surface area contributed by atoms with Gasteiger partial charge < -0.3 is 81.4 Å². The molecule has 0 spiro atoms. The van der Waals surface area contributed by atoms with E-state index in [1.807, 2.05) is 19.9 Å². The highest BCUT2D eigenvalue weighted by Gasteiger charge is 2.43. The maximum absolute atomic E-state index is 13.3. The molecule has 2 aliphatic rings. The van der Waals surface area contributed by atoms with Gasteiger partial charge in [-0.05, 0) is 69.2 Å². The number of esters is 1. The zero-order valence-corrected chi connectivity index (χ0v) is 46.0. The molecule has 80 heavy (non-hydrogen) atoms. The van der Waals surface area contributed by atoms with Gasteiger partial charge in [0, 0.05) is 62.7 Å². The molecule has 2 heterocycles. The number of aliphatic carboxylic acids is 1. The Labute approximate surface area is 468 Å². The van der Waals surface area contributed by atoms with Crippen molar-refractivity contribution >= 4 is 35.0 Å². The van der Waals surface area contributed by atoms with Crippen LogP contribution in [0.25, 0.3) is 0 Å². The summed E-state index contributed by atoms with van der Waals surface area (Å²) in [6.45, 7) is 5.18. The second-order valence-corrected chi connectivity index (χ2v) is 20.9. The van der Waals surface area contributed by atoms with Crippen molar-refractivity contribution in [3.05, 3.63) is 115 Å². The summed E-state index contributed by atoms with van der Waals surface area (Å²) in [6.07, 6.45) is 0.358. The van der Waals surface area contributed by atoms with Crippen LogP contribution in [0.2, 0.25) is 0 Å². The molecular formula is C59H86N2O19. The summed E-state index contributed by atoms with van der Waals surface area (Å²) in [4.78, 5) is 64.5. The standard InChI is InChI=1S/C59H86N2O19/c1-35-17-15-13-11-9-7-5-6-8-10-12-14-16-18-48(79-59-56(75)54(60)55(74)37(3)78-59)34-51(72)53(58(76)77)50(71)32-46(68)29-44(66)27-42(64)25-41(63)26-43(65)28-45(67)30-47(69)33-52(73)80-57(35)36(2)19-24-40(62)31-49(70)38-20-22-39(61-4)23-21-38/h5-18,20-23,35-37,40-44,47-48,50-51,53-57,59,61-66,69,71-72,74-75H,19,24-34,60H2,1-4H3,(H,76,77)/b6-5+,9-7+,10-8+,13-11+,14-12+,17-15+,18-16+/t35?,36?,37-,40?,41?,42?,43?,44?,47?,48?,50?,51?,53?,54+,55-,56+,57?,59+/m1/s1. The molecule has 1 fully saturated rings. The smallest absolute Gasteiger partial charge is 0.311 e. The highest BCUT2D eigenvalue weighted by atomic mass is 16.7. The Hall–Kier alpha value is -5.37. The number of anilines is 1. The van der Waals surface area contributed by atoms with Crippen molar-refractivity contribution in [2.24, 2.45) is 23.5 Å². The molecule has 0 aliphatic carbocycles. The quantitative estimate of drug-likeness (QED) is 0.112. The molecule has 1 aromatic carbocycles. The number of carboxylic acids is 1. The molecule has 0 bridgehead atoms. The van der Waals surface area contributed by atoms with Gasteiger partial charge in [0.25, 0.3) is 0 Å². The number of nitrogens with one attached hydrogen (secondary N) is 1. The number of nitrogens with two attached hydrogens (primary N) is 1. The van der Waals surface area contributed by atoms with Gasteiger partial charge in [-0.1, -0.05) is 98.9 Å². The lowest BCUT2D eigenvalue weighted by Crippen LogP contribution is -2.61. The number of cyclic esters (lactones) is 1. The predicted octanol–water partition coefficient (Wildman–Crippen LogP) is 2.59. The second kappa shape index (κ2) is 36.2. The first kappa shape index (κ1) is 68.9. The third-order valence-corrected chi connectivity index (χ3v) is 13.8. The molecule has 0 saturated carbocycles. The Balaban J connectivity index is 1.83. The molecular weight excluding hydrogens is 1040 g/mol. The van der Waals surface area contributed by atoms with E-state index >= 15 is 0 Å². The van der Waals surface area contributed by atoms with Crippen LogP contribution in [0.1, 0.15) is 108 Å². The fourth-order valence-corrected chi connectivity index (χ4v) is 9.38. The van der Waals surface area contributed by atoms with Crippen LogP contribution in [0.3, 0.4) is 0 Å². The number of carbonyl (C=O) groups excluding carboxylic acids is 4. The van der Waals surface area contributed by atoms with E-state index in [2.05, 4.69) is 5.32 Å². The van der Waals surface area contributed by atoms with Crippen LogP contribution < -0.4 is 11.1 Å². The summed E-state index contributed by atoms with van der Waals surface area (Å²) < 4.78 is 17.5. The molecule has 21 nitrogen and oxygen atoms in total. The lowest BCUT2D eigenvalue weighted by atomic mass is 9.88. The highest BCUT2D eigenvalue weighted by molar-refractivity contribution is 5.96. The van der Waals surface area contributed by atoms with Gasteiger partial charge in [-0.3, -0.25) is 24.0 Å². The van der Waals surface area contributed by atoms with E-state index in [4.69, 9.17) is 19.9 Å². The minimum atomic E-state index is -1.97. The van der Waals surface area contributed by atoms with Crippen molar-refractivity contribution in [1.29, 1.82) is 0 Å². The molecule has 13 unspecified atom stereocenters. The number of hydrogen-bond acceptors (Lipinski definition) is 20. The van der Waals surface area contributed by atoms with Crippen LogP contribution in [0.4, 0.5) is 5.69 Å². The molecule has 21 heteroatoms. The maximum Gasteiger partial charge on any atom is 0.311 e. The van der Waals surface area contributed by atoms with Crippen LogP contribution >= 0.6 is 0 Å². The van der Waals surface area contributed by atoms with Crippen molar-refractivity contribution in [2.75, 3.05) is 12.4 Å². The van der Waals surface area contributed by atoms with Gasteiger partial charge in [0.05, 0.1) is 79.6 Å². The average molecular weight is 1130 g/mol. The SMILES string of the molecule is CNc1ccc(C(=O)CC(O)CCC(C)C2OC(=O)CC(O)CC(=O)CC(O)CC(O)CC(O)CC(O)CC(=O)CC(O)C(C(=O)O)C(O)CC(O[C@@H]3O[C@H](C)[C@@H](O)[C@H](N)[C@@H]3O)/C=C/C=C/C=C/C=C/C=C/C=C/C=C/C2C)cc1. The average Bonchev–Trinajstić information content (AvgIpc) is 3.41. The number of ketones is 3. The molecule has 0 amide bonds. The topological polar surface area (TPSA) is 374 Å². The van der Waals surface area contributed by atoms with Crippen molar-refractivity contribution in [3.63, 3.8) is 0 Å². The molecule has 1 saturated heterocycles. The van der Waals surface area contributed by atoms with Gasteiger partial charge in [0.15, 0.2) is 12.1 Å². The first-order valence-corrected chi connectivity index (χ1v) is 27.2.